The van der Waals surface area contributed by atoms with Gasteiger partial charge < -0.3 is 15.0 Å². The van der Waals surface area contributed by atoms with E-state index in [1.165, 1.54) is 23.3 Å². The van der Waals surface area contributed by atoms with E-state index in [-0.39, 0.29) is 17.6 Å². The van der Waals surface area contributed by atoms with Crippen molar-refractivity contribution >= 4 is 11.6 Å². The number of aromatic nitrogens is 1. The smallest absolute Gasteiger partial charge is 0.232 e. The number of amides is 1. The molecular formula is C19H23FN2O2. The highest BCUT2D eigenvalue weighted by atomic mass is 19.1. The normalized spacial score (nSPS) is 16.3. The second kappa shape index (κ2) is 6.77. The van der Waals surface area contributed by atoms with Crippen molar-refractivity contribution in [2.75, 3.05) is 19.0 Å². The van der Waals surface area contributed by atoms with Crippen LogP contribution in [0.3, 0.4) is 0 Å². The van der Waals surface area contributed by atoms with Gasteiger partial charge in [0.15, 0.2) is 0 Å². The van der Waals surface area contributed by atoms with Gasteiger partial charge in [0.05, 0.1) is 5.92 Å². The monoisotopic (exact) mass is 330 g/mol. The Morgan fingerprint density at radius 3 is 2.83 bits per heavy atom. The maximum absolute atomic E-state index is 13.6. The van der Waals surface area contributed by atoms with Crippen molar-refractivity contribution in [3.8, 4) is 0 Å². The number of hydrogen-bond donors (Lipinski definition) is 2. The summed E-state index contributed by atoms with van der Waals surface area (Å²) in [5.74, 6) is -0.725. The van der Waals surface area contributed by atoms with E-state index < -0.39 is 0 Å². The van der Waals surface area contributed by atoms with Crippen LogP contribution < -0.4 is 5.32 Å². The molecule has 3 rings (SSSR count). The molecule has 0 saturated carbocycles. The number of fused-ring (bicyclic) bond motifs is 1. The first kappa shape index (κ1) is 16.7. The number of anilines is 1. The van der Waals surface area contributed by atoms with E-state index in [1.54, 1.807) is 13.2 Å². The lowest BCUT2D eigenvalue weighted by atomic mass is 9.93. The molecule has 1 amide bonds. The molecule has 1 aromatic heterocycles. The van der Waals surface area contributed by atoms with Crippen LogP contribution >= 0.6 is 0 Å². The number of hydrogen-bond acceptors (Lipinski definition) is 2. The van der Waals surface area contributed by atoms with Crippen molar-refractivity contribution in [3.05, 3.63) is 52.1 Å². The standard InChI is InChI=1S/C19H23FN2O2/c1-11-14(5-4-8-24-3)12(2)21-18(11)10-16-15-9-13(20)6-7-17(15)22-19(16)23/h6-7,9,16,21H,4-5,8,10H2,1-3H3,(H,22,23). The third-order valence-corrected chi connectivity index (χ3v) is 4.84. The van der Waals surface area contributed by atoms with Gasteiger partial charge in [0.2, 0.25) is 5.91 Å². The molecule has 2 heterocycles. The molecule has 0 saturated heterocycles. The molecule has 1 atom stereocenters. The first-order chi connectivity index (χ1) is 11.5. The third kappa shape index (κ3) is 3.08. The van der Waals surface area contributed by atoms with Gasteiger partial charge in [-0.25, -0.2) is 4.39 Å². The first-order valence-corrected chi connectivity index (χ1v) is 8.27. The minimum atomic E-state index is -0.348. The van der Waals surface area contributed by atoms with Gasteiger partial charge in [0.25, 0.3) is 0 Å². The van der Waals surface area contributed by atoms with Gasteiger partial charge in [-0.1, -0.05) is 0 Å². The highest BCUT2D eigenvalue weighted by Crippen LogP contribution is 2.36. The van der Waals surface area contributed by atoms with E-state index in [0.29, 0.717) is 12.1 Å². The molecule has 1 unspecified atom stereocenters. The summed E-state index contributed by atoms with van der Waals surface area (Å²) in [6, 6.07) is 4.47. The minimum absolute atomic E-state index is 0.0665. The summed E-state index contributed by atoms with van der Waals surface area (Å²) in [6.45, 7) is 4.87. The van der Waals surface area contributed by atoms with Gasteiger partial charge in [-0.3, -0.25) is 4.79 Å². The summed E-state index contributed by atoms with van der Waals surface area (Å²) >= 11 is 0. The lowest BCUT2D eigenvalue weighted by Gasteiger charge is -2.09. The summed E-state index contributed by atoms with van der Waals surface area (Å²) in [7, 11) is 1.71. The predicted molar refractivity (Wildman–Crippen MR) is 91.9 cm³/mol. The average molecular weight is 330 g/mol. The predicted octanol–water partition coefficient (Wildman–Crippen LogP) is 3.63. The maximum atomic E-state index is 13.6. The van der Waals surface area contributed by atoms with E-state index >= 15 is 0 Å². The zero-order chi connectivity index (χ0) is 17.3. The first-order valence-electron chi connectivity index (χ1n) is 8.27. The maximum Gasteiger partial charge on any atom is 0.232 e. The molecule has 4 nitrogen and oxygen atoms in total. The van der Waals surface area contributed by atoms with Crippen LogP contribution in [0.25, 0.3) is 0 Å². The van der Waals surface area contributed by atoms with Gasteiger partial charge in [-0.05, 0) is 61.6 Å². The number of aryl methyl sites for hydroxylation is 1. The Bertz CT molecular complexity index is 767. The van der Waals surface area contributed by atoms with E-state index in [9.17, 15) is 9.18 Å². The zero-order valence-electron chi connectivity index (χ0n) is 14.3. The topological polar surface area (TPSA) is 54.1 Å². The summed E-state index contributed by atoms with van der Waals surface area (Å²) in [6.07, 6.45) is 2.47. The number of H-pyrrole nitrogens is 1. The molecule has 128 valence electrons. The highest BCUT2D eigenvalue weighted by molar-refractivity contribution is 6.03. The van der Waals surface area contributed by atoms with E-state index in [2.05, 4.69) is 24.1 Å². The van der Waals surface area contributed by atoms with E-state index in [0.717, 1.165) is 36.4 Å². The van der Waals surface area contributed by atoms with Crippen molar-refractivity contribution in [3.63, 3.8) is 0 Å². The average Bonchev–Trinajstić information content (AvgIpc) is 2.99. The van der Waals surface area contributed by atoms with Crippen LogP contribution in [0, 0.1) is 19.7 Å². The molecule has 2 N–H and O–H groups in total. The van der Waals surface area contributed by atoms with Gasteiger partial charge >= 0.3 is 0 Å². The fourth-order valence-electron chi connectivity index (χ4n) is 3.53. The van der Waals surface area contributed by atoms with Gasteiger partial charge in [0, 0.05) is 37.2 Å². The summed E-state index contributed by atoms with van der Waals surface area (Å²) in [5, 5.41) is 2.84. The number of carbonyl (C=O) groups is 1. The quantitative estimate of drug-likeness (QED) is 0.795. The SMILES string of the molecule is COCCCc1c(C)[nH]c(CC2C(=O)Nc3ccc(F)cc32)c1C. The van der Waals surface area contributed by atoms with Gasteiger partial charge in [0.1, 0.15) is 5.82 Å². The van der Waals surface area contributed by atoms with Crippen molar-refractivity contribution in [2.45, 2.75) is 39.0 Å². The van der Waals surface area contributed by atoms with Crippen LogP contribution in [0.1, 0.15) is 40.4 Å². The number of benzene rings is 1. The lowest BCUT2D eigenvalue weighted by molar-refractivity contribution is -0.117. The largest absolute Gasteiger partial charge is 0.385 e. The molecule has 2 aromatic rings. The Balaban J connectivity index is 1.83. The molecule has 0 aliphatic carbocycles. The van der Waals surface area contributed by atoms with Crippen LogP contribution in [0.15, 0.2) is 18.2 Å². The molecular weight excluding hydrogens is 307 g/mol. The van der Waals surface area contributed by atoms with Crippen molar-refractivity contribution in [1.29, 1.82) is 0 Å². The Hall–Kier alpha value is -2.14. The summed E-state index contributed by atoms with van der Waals surface area (Å²) in [4.78, 5) is 15.7. The molecule has 0 bridgehead atoms. The van der Waals surface area contributed by atoms with Crippen LogP contribution in [-0.2, 0) is 22.4 Å². The number of nitrogens with one attached hydrogen (secondary N) is 2. The zero-order valence-corrected chi connectivity index (χ0v) is 14.3. The van der Waals surface area contributed by atoms with E-state index in [1.807, 2.05) is 0 Å². The summed E-state index contributed by atoms with van der Waals surface area (Å²) < 4.78 is 18.7. The minimum Gasteiger partial charge on any atom is -0.385 e. The molecule has 5 heteroatoms. The number of methoxy groups -OCH3 is 1. The van der Waals surface area contributed by atoms with Crippen LogP contribution in [0.5, 0.6) is 0 Å². The van der Waals surface area contributed by atoms with Gasteiger partial charge in [-0.2, -0.15) is 0 Å². The number of carbonyl (C=O) groups excluding carboxylic acids is 1. The Kier molecular flexibility index (Phi) is 4.71. The van der Waals surface area contributed by atoms with Crippen molar-refractivity contribution in [2.24, 2.45) is 0 Å². The van der Waals surface area contributed by atoms with Crippen LogP contribution in [-0.4, -0.2) is 24.6 Å². The number of aromatic amines is 1. The molecule has 0 fully saturated rings. The van der Waals surface area contributed by atoms with Gasteiger partial charge in [-0.15, -0.1) is 0 Å². The van der Waals surface area contributed by atoms with Crippen molar-refractivity contribution < 1.29 is 13.9 Å². The lowest BCUT2D eigenvalue weighted by Crippen LogP contribution is -2.15. The molecule has 0 spiro atoms. The molecule has 1 aliphatic heterocycles. The van der Waals surface area contributed by atoms with E-state index in [4.69, 9.17) is 4.74 Å². The molecule has 24 heavy (non-hydrogen) atoms. The Labute approximate surface area is 141 Å². The number of halogens is 1. The van der Waals surface area contributed by atoms with Crippen LogP contribution in [0.4, 0.5) is 10.1 Å². The third-order valence-electron chi connectivity index (χ3n) is 4.84. The fourth-order valence-corrected chi connectivity index (χ4v) is 3.53. The second-order valence-corrected chi connectivity index (χ2v) is 6.41. The second-order valence-electron chi connectivity index (χ2n) is 6.41. The molecule has 1 aliphatic rings. The number of rotatable bonds is 6. The summed E-state index contributed by atoms with van der Waals surface area (Å²) in [5.41, 5.74) is 6.13. The fraction of sp³-hybridized carbons (Fsp3) is 0.421. The number of ether oxygens (including phenoxy) is 1. The highest BCUT2D eigenvalue weighted by Gasteiger charge is 2.32. The van der Waals surface area contributed by atoms with Crippen LogP contribution in [0.2, 0.25) is 0 Å². The Morgan fingerprint density at radius 1 is 1.29 bits per heavy atom. The Morgan fingerprint density at radius 2 is 2.08 bits per heavy atom. The van der Waals surface area contributed by atoms with Crippen molar-refractivity contribution in [1.82, 2.24) is 4.98 Å². The molecule has 1 aromatic carbocycles. The molecule has 0 radical (unpaired) electrons.